The Labute approximate surface area is 189 Å². The van der Waals surface area contributed by atoms with E-state index in [4.69, 9.17) is 9.47 Å². The summed E-state index contributed by atoms with van der Waals surface area (Å²) < 4.78 is 38.0. The number of rotatable bonds is 10. The number of hydrogen-bond donors (Lipinski definition) is 0. The van der Waals surface area contributed by atoms with Gasteiger partial charge in [-0.25, -0.2) is 8.78 Å². The van der Waals surface area contributed by atoms with Crippen LogP contribution in [0.4, 0.5) is 8.78 Å². The molecule has 0 bridgehead atoms. The Kier molecular flexibility index (Phi) is 9.18. The number of carbonyl (C=O) groups excluding carboxylic acids is 1. The SMILES string of the molecule is CCOC(=O)C[C@@H]1CCN(CCCOC(c2ccc(F)cc2)c2ccc(F)cc2)C[C@H]1C. The maximum Gasteiger partial charge on any atom is 0.306 e. The van der Waals surface area contributed by atoms with E-state index in [-0.39, 0.29) is 23.7 Å². The van der Waals surface area contributed by atoms with E-state index < -0.39 is 0 Å². The van der Waals surface area contributed by atoms with Crippen molar-refractivity contribution in [3.8, 4) is 0 Å². The first-order valence-electron chi connectivity index (χ1n) is 11.5. The van der Waals surface area contributed by atoms with Crippen molar-refractivity contribution in [1.29, 1.82) is 0 Å². The third kappa shape index (κ3) is 7.10. The highest BCUT2D eigenvalue weighted by atomic mass is 19.1. The third-order valence-corrected chi connectivity index (χ3v) is 6.15. The van der Waals surface area contributed by atoms with Gasteiger partial charge in [-0.2, -0.15) is 0 Å². The van der Waals surface area contributed by atoms with Gasteiger partial charge >= 0.3 is 5.97 Å². The molecule has 0 saturated carbocycles. The summed E-state index contributed by atoms with van der Waals surface area (Å²) in [4.78, 5) is 14.2. The molecule has 2 aromatic carbocycles. The number of esters is 1. The topological polar surface area (TPSA) is 38.8 Å². The fourth-order valence-electron chi connectivity index (χ4n) is 4.37. The van der Waals surface area contributed by atoms with Crippen molar-refractivity contribution < 1.29 is 23.0 Å². The summed E-state index contributed by atoms with van der Waals surface area (Å²) in [6.07, 6.45) is 1.98. The maximum absolute atomic E-state index is 13.4. The van der Waals surface area contributed by atoms with Crippen LogP contribution < -0.4 is 0 Å². The van der Waals surface area contributed by atoms with E-state index in [1.807, 2.05) is 6.92 Å². The number of benzene rings is 2. The Hall–Kier alpha value is -2.31. The Morgan fingerprint density at radius 1 is 1.06 bits per heavy atom. The van der Waals surface area contributed by atoms with Crippen LogP contribution >= 0.6 is 0 Å². The Morgan fingerprint density at radius 3 is 2.19 bits per heavy atom. The Bertz CT molecular complexity index is 796. The zero-order valence-corrected chi connectivity index (χ0v) is 18.9. The van der Waals surface area contributed by atoms with E-state index >= 15 is 0 Å². The number of likely N-dealkylation sites (tertiary alicyclic amines) is 1. The first-order chi connectivity index (χ1) is 15.5. The third-order valence-electron chi connectivity index (χ3n) is 6.15. The molecule has 6 heteroatoms. The number of hydrogen-bond acceptors (Lipinski definition) is 4. The van der Waals surface area contributed by atoms with Crippen LogP contribution in [0.25, 0.3) is 0 Å². The molecular formula is C26H33F2NO3. The second kappa shape index (κ2) is 12.1. The lowest BCUT2D eigenvalue weighted by atomic mass is 9.84. The van der Waals surface area contributed by atoms with E-state index in [2.05, 4.69) is 11.8 Å². The molecule has 0 spiro atoms. The van der Waals surface area contributed by atoms with Gasteiger partial charge in [0.15, 0.2) is 0 Å². The minimum Gasteiger partial charge on any atom is -0.466 e. The van der Waals surface area contributed by atoms with Crippen LogP contribution in [0.5, 0.6) is 0 Å². The summed E-state index contributed by atoms with van der Waals surface area (Å²) in [6.45, 7) is 7.85. The van der Waals surface area contributed by atoms with Crippen molar-refractivity contribution in [3.05, 3.63) is 71.3 Å². The fourth-order valence-corrected chi connectivity index (χ4v) is 4.37. The van der Waals surface area contributed by atoms with Crippen molar-refractivity contribution in [2.45, 2.75) is 39.2 Å². The summed E-state index contributed by atoms with van der Waals surface area (Å²) in [7, 11) is 0. The van der Waals surface area contributed by atoms with Crippen LogP contribution in [0.2, 0.25) is 0 Å². The average molecular weight is 446 g/mol. The van der Waals surface area contributed by atoms with Gasteiger partial charge in [-0.3, -0.25) is 4.79 Å². The number of ether oxygens (including phenoxy) is 2. The van der Waals surface area contributed by atoms with Crippen LogP contribution in [0.1, 0.15) is 50.3 Å². The quantitative estimate of drug-likeness (QED) is 0.364. The molecule has 3 rings (SSSR count). The highest BCUT2D eigenvalue weighted by Crippen LogP contribution is 2.28. The summed E-state index contributed by atoms with van der Waals surface area (Å²) in [6, 6.07) is 12.5. The van der Waals surface area contributed by atoms with Crippen LogP contribution in [0.15, 0.2) is 48.5 Å². The molecule has 0 radical (unpaired) electrons. The summed E-state index contributed by atoms with van der Waals surface area (Å²) >= 11 is 0. The number of carbonyl (C=O) groups is 1. The van der Waals surface area contributed by atoms with Crippen LogP contribution in [0, 0.1) is 23.5 Å². The monoisotopic (exact) mass is 445 g/mol. The van der Waals surface area contributed by atoms with Crippen molar-refractivity contribution in [2.75, 3.05) is 32.8 Å². The standard InChI is InChI=1S/C26H33F2NO3/c1-3-31-25(30)17-22-13-15-29(18-19(22)2)14-4-16-32-26(20-5-9-23(27)10-6-20)21-7-11-24(28)12-8-21/h5-12,19,22,26H,3-4,13-18H2,1-2H3/t19-,22+/m1/s1. The molecule has 0 aromatic heterocycles. The van der Waals surface area contributed by atoms with E-state index in [9.17, 15) is 13.6 Å². The molecule has 4 nitrogen and oxygen atoms in total. The molecule has 0 amide bonds. The zero-order valence-electron chi connectivity index (χ0n) is 18.9. The molecule has 0 aliphatic carbocycles. The van der Waals surface area contributed by atoms with Gasteiger partial charge in [-0.1, -0.05) is 31.2 Å². The average Bonchev–Trinajstić information content (AvgIpc) is 2.77. The lowest BCUT2D eigenvalue weighted by Gasteiger charge is -2.36. The summed E-state index contributed by atoms with van der Waals surface area (Å²) in [5.41, 5.74) is 1.68. The van der Waals surface area contributed by atoms with Gasteiger partial charge in [0, 0.05) is 26.1 Å². The molecule has 1 aliphatic rings. The molecule has 174 valence electrons. The normalized spacial score (nSPS) is 19.3. The molecule has 1 heterocycles. The Morgan fingerprint density at radius 2 is 1.66 bits per heavy atom. The predicted octanol–water partition coefficient (Wildman–Crippen LogP) is 5.37. The second-order valence-electron chi connectivity index (χ2n) is 8.54. The molecule has 0 unspecified atom stereocenters. The molecule has 32 heavy (non-hydrogen) atoms. The van der Waals surface area contributed by atoms with Crippen LogP contribution in [-0.4, -0.2) is 43.7 Å². The summed E-state index contributed by atoms with van der Waals surface area (Å²) in [5, 5.41) is 0. The number of nitrogens with zero attached hydrogens (tertiary/aromatic N) is 1. The van der Waals surface area contributed by atoms with Crippen LogP contribution in [0.3, 0.4) is 0 Å². The van der Waals surface area contributed by atoms with Gasteiger partial charge < -0.3 is 14.4 Å². The van der Waals surface area contributed by atoms with E-state index in [1.165, 1.54) is 24.3 Å². The van der Waals surface area contributed by atoms with Gasteiger partial charge in [-0.15, -0.1) is 0 Å². The van der Waals surface area contributed by atoms with Gasteiger partial charge in [0.25, 0.3) is 0 Å². The van der Waals surface area contributed by atoms with E-state index in [0.29, 0.717) is 31.5 Å². The van der Waals surface area contributed by atoms with Crippen molar-refractivity contribution in [2.24, 2.45) is 11.8 Å². The van der Waals surface area contributed by atoms with Gasteiger partial charge in [-0.05, 0) is 73.5 Å². The van der Waals surface area contributed by atoms with Crippen molar-refractivity contribution in [1.82, 2.24) is 4.90 Å². The lowest BCUT2D eigenvalue weighted by molar-refractivity contribution is -0.145. The minimum atomic E-state index is -0.370. The molecule has 2 atom stereocenters. The van der Waals surface area contributed by atoms with Crippen molar-refractivity contribution in [3.63, 3.8) is 0 Å². The minimum absolute atomic E-state index is 0.0983. The van der Waals surface area contributed by atoms with Crippen molar-refractivity contribution >= 4 is 5.97 Å². The zero-order chi connectivity index (χ0) is 22.9. The lowest BCUT2D eigenvalue weighted by Crippen LogP contribution is -2.40. The smallest absolute Gasteiger partial charge is 0.306 e. The van der Waals surface area contributed by atoms with E-state index in [0.717, 1.165) is 43.6 Å². The predicted molar refractivity (Wildman–Crippen MR) is 120 cm³/mol. The highest BCUT2D eigenvalue weighted by Gasteiger charge is 2.28. The first kappa shape index (κ1) is 24.3. The Balaban J connectivity index is 1.49. The van der Waals surface area contributed by atoms with Gasteiger partial charge in [0.05, 0.1) is 6.61 Å². The molecule has 1 fully saturated rings. The summed E-state index contributed by atoms with van der Waals surface area (Å²) in [5.74, 6) is 0.126. The number of halogens is 2. The maximum atomic E-state index is 13.4. The number of piperidine rings is 1. The molecule has 1 aliphatic heterocycles. The largest absolute Gasteiger partial charge is 0.466 e. The fraction of sp³-hybridized carbons (Fsp3) is 0.500. The van der Waals surface area contributed by atoms with Crippen LogP contribution in [-0.2, 0) is 14.3 Å². The highest BCUT2D eigenvalue weighted by molar-refractivity contribution is 5.69. The second-order valence-corrected chi connectivity index (χ2v) is 8.54. The van der Waals surface area contributed by atoms with E-state index in [1.54, 1.807) is 24.3 Å². The first-order valence-corrected chi connectivity index (χ1v) is 11.5. The van der Waals surface area contributed by atoms with Gasteiger partial charge in [0.2, 0.25) is 0 Å². The molecule has 2 aromatic rings. The van der Waals surface area contributed by atoms with Gasteiger partial charge in [0.1, 0.15) is 17.7 Å². The molecule has 0 N–H and O–H groups in total. The molecule has 1 saturated heterocycles. The molecular weight excluding hydrogens is 412 g/mol.